The quantitative estimate of drug-likeness (QED) is 0.0735. The van der Waals surface area contributed by atoms with Gasteiger partial charge in [-0.15, -0.1) is 0 Å². The molecule has 2 saturated heterocycles. The normalized spacial score (nSPS) is 27.5. The third kappa shape index (κ3) is 9.47. The molecule has 10 atom stereocenters. The number of carbonyl (C=O) groups excluding carboxylic acids is 5. The molecule has 2 amide bonds. The Morgan fingerprint density at radius 1 is 0.700 bits per heavy atom. The molecular formula is C40H39Cl4NO15. The molecule has 0 saturated carbocycles. The number of fused-ring (bicyclic) bond motifs is 1. The fourth-order valence-electron chi connectivity index (χ4n) is 7.11. The maximum atomic E-state index is 14.3. The zero-order valence-corrected chi connectivity index (χ0v) is 35.5. The number of esters is 3. The molecule has 2 fully saturated rings. The number of amides is 2. The van der Waals surface area contributed by atoms with Crippen molar-refractivity contribution >= 4 is 76.1 Å². The average Bonchev–Trinajstić information content (AvgIpc) is 3.46. The highest BCUT2D eigenvalue weighted by atomic mass is 35.5. The van der Waals surface area contributed by atoms with Gasteiger partial charge in [0.05, 0.1) is 57.6 Å². The Morgan fingerprint density at radius 3 is 1.78 bits per heavy atom. The summed E-state index contributed by atoms with van der Waals surface area (Å²) in [5.74, 6) is -3.86. The van der Waals surface area contributed by atoms with Gasteiger partial charge in [-0.3, -0.25) is 28.9 Å². The Labute approximate surface area is 363 Å². The lowest BCUT2D eigenvalue weighted by molar-refractivity contribution is -0.344. The molecule has 0 unspecified atom stereocenters. The number of methoxy groups -OCH3 is 1. The number of ether oxygens (including phenoxy) is 9. The highest BCUT2D eigenvalue weighted by Gasteiger charge is 2.59. The van der Waals surface area contributed by atoms with Gasteiger partial charge in [-0.05, 0) is 36.8 Å². The molecule has 3 aliphatic rings. The first-order chi connectivity index (χ1) is 28.5. The van der Waals surface area contributed by atoms with Gasteiger partial charge in [0, 0.05) is 20.8 Å². The van der Waals surface area contributed by atoms with Crippen LogP contribution in [-0.2, 0) is 54.1 Å². The van der Waals surface area contributed by atoms with Crippen LogP contribution in [0.3, 0.4) is 0 Å². The first-order valence-electron chi connectivity index (χ1n) is 18.3. The lowest BCUT2D eigenvalue weighted by Gasteiger charge is -2.49. The Morgan fingerprint density at radius 2 is 1.23 bits per heavy atom. The molecule has 0 aromatic heterocycles. The van der Waals surface area contributed by atoms with Gasteiger partial charge in [-0.1, -0.05) is 76.7 Å². The van der Waals surface area contributed by atoms with Gasteiger partial charge in [0.1, 0.15) is 35.9 Å². The van der Waals surface area contributed by atoms with E-state index in [2.05, 4.69) is 0 Å². The van der Waals surface area contributed by atoms with E-state index in [4.69, 9.17) is 89.0 Å². The minimum atomic E-state index is -1.94. The molecule has 3 aromatic rings. The molecule has 0 spiro atoms. The van der Waals surface area contributed by atoms with E-state index in [0.29, 0.717) is 10.6 Å². The van der Waals surface area contributed by atoms with Gasteiger partial charge in [0.15, 0.2) is 24.6 Å². The number of imide groups is 1. The molecule has 60 heavy (non-hydrogen) atoms. The second-order valence-corrected chi connectivity index (χ2v) is 15.3. The Hall–Kier alpha value is -4.23. The summed E-state index contributed by atoms with van der Waals surface area (Å²) in [5.41, 5.74) is 0.0112. The smallest absolute Gasteiger partial charge is 0.303 e. The van der Waals surface area contributed by atoms with Gasteiger partial charge in [-0.2, -0.15) is 0 Å². The summed E-state index contributed by atoms with van der Waals surface area (Å²) in [6.07, 6.45) is -13.6. The van der Waals surface area contributed by atoms with Crippen molar-refractivity contribution in [2.75, 3.05) is 13.7 Å². The van der Waals surface area contributed by atoms with E-state index in [9.17, 15) is 29.1 Å². The molecule has 1 N–H and O–H groups in total. The van der Waals surface area contributed by atoms with Crippen molar-refractivity contribution in [1.82, 2.24) is 4.90 Å². The highest BCUT2D eigenvalue weighted by Crippen LogP contribution is 2.47. The van der Waals surface area contributed by atoms with E-state index < -0.39 is 91.1 Å². The third-order valence-corrected chi connectivity index (χ3v) is 11.5. The van der Waals surface area contributed by atoms with Gasteiger partial charge in [-0.25, -0.2) is 0 Å². The van der Waals surface area contributed by atoms with Crippen LogP contribution in [0.2, 0.25) is 20.1 Å². The summed E-state index contributed by atoms with van der Waals surface area (Å²) in [6, 6.07) is 13.6. The van der Waals surface area contributed by atoms with E-state index in [1.54, 1.807) is 12.1 Å². The number of aliphatic hydroxyl groups is 1. The summed E-state index contributed by atoms with van der Waals surface area (Å²) in [5, 5.41) is 11.3. The van der Waals surface area contributed by atoms with Crippen molar-refractivity contribution in [3.05, 3.63) is 91.4 Å². The van der Waals surface area contributed by atoms with Crippen LogP contribution in [0, 0.1) is 0 Å². The number of aliphatic hydroxyl groups excluding tert-OH is 1. The molecule has 0 bridgehead atoms. The van der Waals surface area contributed by atoms with Crippen LogP contribution in [0.25, 0.3) is 0 Å². The number of carbonyl (C=O) groups is 5. The lowest BCUT2D eigenvalue weighted by Crippen LogP contribution is -2.69. The van der Waals surface area contributed by atoms with Crippen LogP contribution in [0.5, 0.6) is 11.5 Å². The SMILES string of the molecule is COc1ccc(O[C@@H]2O[C@H](COCc3ccccc3)[C@@H](O[C@@H]3O[C@@H](C)[C@@H](OC(C)=O)[C@@H](OC(C)=O)[C@@H]3OC(C)=O)[C@H](O)[C@H]2N2C(=O)c3c(Cl)c(Cl)c(Cl)c(Cl)c3C2=O)cc1. The summed E-state index contributed by atoms with van der Waals surface area (Å²) in [6.45, 7) is 4.55. The van der Waals surface area contributed by atoms with E-state index in [1.807, 2.05) is 30.3 Å². The maximum Gasteiger partial charge on any atom is 0.303 e. The van der Waals surface area contributed by atoms with Crippen LogP contribution >= 0.6 is 46.4 Å². The van der Waals surface area contributed by atoms with Gasteiger partial charge in [0.2, 0.25) is 6.29 Å². The fraction of sp³-hybridized carbons (Fsp3) is 0.425. The molecule has 3 aliphatic heterocycles. The molecule has 6 rings (SSSR count). The molecule has 0 aliphatic carbocycles. The van der Waals surface area contributed by atoms with Gasteiger partial charge < -0.3 is 47.7 Å². The molecule has 322 valence electrons. The van der Waals surface area contributed by atoms with Crippen LogP contribution < -0.4 is 9.47 Å². The number of benzene rings is 3. The van der Waals surface area contributed by atoms with E-state index in [-0.39, 0.29) is 50.2 Å². The zero-order chi connectivity index (χ0) is 43.6. The van der Waals surface area contributed by atoms with Crippen LogP contribution in [0.4, 0.5) is 0 Å². The Balaban J connectivity index is 1.44. The molecular weight excluding hydrogens is 876 g/mol. The van der Waals surface area contributed by atoms with E-state index in [0.717, 1.165) is 26.3 Å². The number of halogens is 4. The topological polar surface area (TPSA) is 192 Å². The molecule has 16 nitrogen and oxygen atoms in total. The predicted octanol–water partition coefficient (Wildman–Crippen LogP) is 5.58. The van der Waals surface area contributed by atoms with Crippen molar-refractivity contribution in [3.8, 4) is 11.5 Å². The average molecular weight is 916 g/mol. The standard InChI is InChI=1S/C40H39Cl4NO15/c1-17-33(55-18(2)46)35(56-19(3)47)36(57-20(4)48)40(54-17)60-34-24(16-53-15-21-9-7-6-8-10-21)59-39(58-23-13-11-22(52-5)12-14-23)31(32(34)49)45-37(50)25-26(38(45)51)28(42)30(44)29(43)27(25)41/h6-14,17,24,31-36,39-40,49H,15-16H2,1-5H3/t17-,24+,31+,32+,33+,34+,35+,36-,39+,40-/m0/s1. The number of nitrogens with zero attached hydrogens (tertiary/aromatic N) is 1. The summed E-state index contributed by atoms with van der Waals surface area (Å²) in [7, 11) is 1.47. The number of hydrogen-bond donors (Lipinski definition) is 1. The highest BCUT2D eigenvalue weighted by molar-refractivity contribution is 6.55. The number of rotatable bonds is 13. The second kappa shape index (κ2) is 19.2. The van der Waals surface area contributed by atoms with Crippen molar-refractivity contribution < 1.29 is 71.7 Å². The molecule has 20 heteroatoms. The maximum absolute atomic E-state index is 14.3. The zero-order valence-electron chi connectivity index (χ0n) is 32.5. The van der Waals surface area contributed by atoms with Crippen LogP contribution in [0.1, 0.15) is 54.0 Å². The van der Waals surface area contributed by atoms with Crippen molar-refractivity contribution in [1.29, 1.82) is 0 Å². The van der Waals surface area contributed by atoms with Crippen molar-refractivity contribution in [3.63, 3.8) is 0 Å². The van der Waals surface area contributed by atoms with E-state index in [1.165, 1.54) is 26.2 Å². The Bertz CT molecular complexity index is 2060. The lowest BCUT2D eigenvalue weighted by atomic mass is 9.94. The monoisotopic (exact) mass is 913 g/mol. The van der Waals surface area contributed by atoms with E-state index >= 15 is 0 Å². The second-order valence-electron chi connectivity index (χ2n) is 13.8. The Kier molecular flexibility index (Phi) is 14.5. The van der Waals surface area contributed by atoms with Crippen molar-refractivity contribution in [2.45, 2.75) is 95.7 Å². The first-order valence-corrected chi connectivity index (χ1v) is 19.9. The molecule has 0 radical (unpaired) electrons. The van der Waals surface area contributed by atoms with Crippen LogP contribution in [-0.4, -0.2) is 115 Å². The molecule has 3 heterocycles. The molecule has 3 aromatic carbocycles. The summed E-state index contributed by atoms with van der Waals surface area (Å²) in [4.78, 5) is 66.4. The minimum Gasteiger partial charge on any atom is -0.497 e. The fourth-order valence-corrected chi connectivity index (χ4v) is 8.12. The first kappa shape index (κ1) is 45.3. The largest absolute Gasteiger partial charge is 0.497 e. The van der Waals surface area contributed by atoms with Crippen LogP contribution in [0.15, 0.2) is 54.6 Å². The third-order valence-electron chi connectivity index (χ3n) is 9.70. The summed E-state index contributed by atoms with van der Waals surface area (Å²) < 4.78 is 53.2. The summed E-state index contributed by atoms with van der Waals surface area (Å²) >= 11 is 25.6. The van der Waals surface area contributed by atoms with Gasteiger partial charge in [0.25, 0.3) is 11.8 Å². The van der Waals surface area contributed by atoms with Crippen molar-refractivity contribution in [2.24, 2.45) is 0 Å². The number of hydrogen-bond acceptors (Lipinski definition) is 15. The predicted molar refractivity (Wildman–Crippen MR) is 211 cm³/mol. The minimum absolute atomic E-state index is 0.0689. The van der Waals surface area contributed by atoms with Gasteiger partial charge >= 0.3 is 17.9 Å².